The summed E-state index contributed by atoms with van der Waals surface area (Å²) < 4.78 is 10.4. The maximum absolute atomic E-state index is 12.3. The zero-order valence-electron chi connectivity index (χ0n) is 11.3. The highest BCUT2D eigenvalue weighted by Crippen LogP contribution is 2.30. The number of methoxy groups -OCH3 is 2. The molecule has 1 rings (SSSR count). The second-order valence-electron chi connectivity index (χ2n) is 4.17. The molecule has 1 aromatic carbocycles. The van der Waals surface area contributed by atoms with Gasteiger partial charge in [-0.1, -0.05) is 6.92 Å². The van der Waals surface area contributed by atoms with Crippen molar-refractivity contribution in [1.29, 1.82) is 0 Å². The highest BCUT2D eigenvalue weighted by atomic mass is 16.5. The third-order valence-electron chi connectivity index (χ3n) is 3.07. The number of ketones is 1. The first kappa shape index (κ1) is 14.5. The lowest BCUT2D eigenvalue weighted by atomic mass is 9.94. The largest absolute Gasteiger partial charge is 0.496 e. The highest BCUT2D eigenvalue weighted by molar-refractivity contribution is 6.01. The van der Waals surface area contributed by atoms with Gasteiger partial charge < -0.3 is 14.6 Å². The molecule has 0 bridgehead atoms. The summed E-state index contributed by atoms with van der Waals surface area (Å²) in [6, 6.07) is 3.45. The second kappa shape index (κ2) is 6.40. The number of carbonyl (C=O) groups excluding carboxylic acids is 1. The summed E-state index contributed by atoms with van der Waals surface area (Å²) in [5.41, 5.74) is 1.36. The van der Waals surface area contributed by atoms with Gasteiger partial charge >= 0.3 is 0 Å². The lowest BCUT2D eigenvalue weighted by Gasteiger charge is -2.15. The van der Waals surface area contributed by atoms with Gasteiger partial charge in [-0.15, -0.1) is 0 Å². The van der Waals surface area contributed by atoms with Crippen molar-refractivity contribution >= 4 is 5.78 Å². The minimum Gasteiger partial charge on any atom is -0.496 e. The van der Waals surface area contributed by atoms with Crippen molar-refractivity contribution in [1.82, 2.24) is 0 Å². The van der Waals surface area contributed by atoms with E-state index < -0.39 is 5.92 Å². The van der Waals surface area contributed by atoms with Crippen LogP contribution < -0.4 is 9.47 Å². The number of rotatable bonds is 6. The van der Waals surface area contributed by atoms with Crippen LogP contribution in [-0.2, 0) is 0 Å². The van der Waals surface area contributed by atoms with Crippen LogP contribution in [0.25, 0.3) is 0 Å². The van der Waals surface area contributed by atoms with Crippen LogP contribution in [0.15, 0.2) is 12.1 Å². The Hall–Kier alpha value is -1.55. The van der Waals surface area contributed by atoms with E-state index in [0.29, 0.717) is 23.5 Å². The molecule has 0 aliphatic carbocycles. The fraction of sp³-hybridized carbons (Fsp3) is 0.500. The van der Waals surface area contributed by atoms with Gasteiger partial charge in [-0.05, 0) is 31.0 Å². The molecule has 0 saturated carbocycles. The SMILES string of the molecule is CCC(CO)C(=O)c1cc(OC)c(C)cc1OC. The Kier molecular flexibility index (Phi) is 5.16. The number of benzene rings is 1. The molecule has 4 heteroatoms. The number of aliphatic hydroxyl groups excluding tert-OH is 1. The van der Waals surface area contributed by atoms with Crippen molar-refractivity contribution in [3.63, 3.8) is 0 Å². The molecule has 0 fully saturated rings. The molecule has 1 unspecified atom stereocenters. The Labute approximate surface area is 108 Å². The van der Waals surface area contributed by atoms with Gasteiger partial charge in [0.05, 0.1) is 26.4 Å². The zero-order valence-corrected chi connectivity index (χ0v) is 11.3. The maximum atomic E-state index is 12.3. The van der Waals surface area contributed by atoms with Crippen molar-refractivity contribution < 1.29 is 19.4 Å². The lowest BCUT2D eigenvalue weighted by molar-refractivity contribution is 0.0853. The minimum absolute atomic E-state index is 0.116. The van der Waals surface area contributed by atoms with Crippen LogP contribution in [0.1, 0.15) is 29.3 Å². The first-order valence-corrected chi connectivity index (χ1v) is 5.96. The van der Waals surface area contributed by atoms with Crippen LogP contribution in [-0.4, -0.2) is 31.7 Å². The molecule has 0 spiro atoms. The molecule has 1 aromatic rings. The molecule has 0 heterocycles. The Morgan fingerprint density at radius 2 is 1.89 bits per heavy atom. The van der Waals surface area contributed by atoms with E-state index in [1.54, 1.807) is 19.2 Å². The smallest absolute Gasteiger partial charge is 0.172 e. The van der Waals surface area contributed by atoms with E-state index in [9.17, 15) is 9.90 Å². The predicted octanol–water partition coefficient (Wildman–Crippen LogP) is 2.21. The van der Waals surface area contributed by atoms with Crippen molar-refractivity contribution in [2.75, 3.05) is 20.8 Å². The minimum atomic E-state index is -0.397. The summed E-state index contributed by atoms with van der Waals surface area (Å²) in [7, 11) is 3.09. The molecular weight excluding hydrogens is 232 g/mol. The Bertz CT molecular complexity index is 422. The maximum Gasteiger partial charge on any atom is 0.172 e. The van der Waals surface area contributed by atoms with Crippen molar-refractivity contribution in [2.45, 2.75) is 20.3 Å². The van der Waals surface area contributed by atoms with Crippen LogP contribution in [0.4, 0.5) is 0 Å². The molecule has 4 nitrogen and oxygen atoms in total. The van der Waals surface area contributed by atoms with Crippen LogP contribution >= 0.6 is 0 Å². The van der Waals surface area contributed by atoms with Gasteiger partial charge in [0.2, 0.25) is 0 Å². The molecule has 0 saturated heterocycles. The lowest BCUT2D eigenvalue weighted by Crippen LogP contribution is -2.18. The normalized spacial score (nSPS) is 12.1. The van der Waals surface area contributed by atoms with E-state index in [1.165, 1.54) is 7.11 Å². The molecule has 1 N–H and O–H groups in total. The second-order valence-corrected chi connectivity index (χ2v) is 4.17. The fourth-order valence-corrected chi connectivity index (χ4v) is 1.86. The van der Waals surface area contributed by atoms with E-state index in [0.717, 1.165) is 5.56 Å². The zero-order chi connectivity index (χ0) is 13.7. The van der Waals surface area contributed by atoms with Gasteiger partial charge in [0.25, 0.3) is 0 Å². The topological polar surface area (TPSA) is 55.8 Å². The molecule has 100 valence electrons. The van der Waals surface area contributed by atoms with E-state index in [4.69, 9.17) is 9.47 Å². The average Bonchev–Trinajstić information content (AvgIpc) is 2.39. The van der Waals surface area contributed by atoms with Crippen molar-refractivity contribution in [3.05, 3.63) is 23.3 Å². The monoisotopic (exact) mass is 252 g/mol. The predicted molar refractivity (Wildman–Crippen MR) is 69.5 cm³/mol. The van der Waals surface area contributed by atoms with E-state index in [1.807, 2.05) is 13.8 Å². The van der Waals surface area contributed by atoms with Gasteiger partial charge in [-0.3, -0.25) is 4.79 Å². The van der Waals surface area contributed by atoms with Gasteiger partial charge in [0.1, 0.15) is 11.5 Å². The summed E-state index contributed by atoms with van der Waals surface area (Å²) in [4.78, 5) is 12.3. The van der Waals surface area contributed by atoms with E-state index in [-0.39, 0.29) is 12.4 Å². The van der Waals surface area contributed by atoms with Crippen LogP contribution in [0, 0.1) is 12.8 Å². The van der Waals surface area contributed by atoms with E-state index >= 15 is 0 Å². The standard InChI is InChI=1S/C14H20O4/c1-5-10(8-15)14(16)11-7-12(17-3)9(2)6-13(11)18-4/h6-7,10,15H,5,8H2,1-4H3. The first-order chi connectivity index (χ1) is 8.58. The molecule has 0 aromatic heterocycles. The average molecular weight is 252 g/mol. The number of aliphatic hydroxyl groups is 1. The quantitative estimate of drug-likeness (QED) is 0.789. The summed E-state index contributed by atoms with van der Waals surface area (Å²) in [5, 5.41) is 9.21. The molecular formula is C14H20O4. The van der Waals surface area contributed by atoms with Crippen LogP contribution in [0.3, 0.4) is 0 Å². The summed E-state index contributed by atoms with van der Waals surface area (Å²) >= 11 is 0. The van der Waals surface area contributed by atoms with Gasteiger partial charge in [-0.25, -0.2) is 0 Å². The summed E-state index contributed by atoms with van der Waals surface area (Å²) in [6.45, 7) is 3.60. The molecule has 0 radical (unpaired) electrons. The van der Waals surface area contributed by atoms with Gasteiger partial charge in [0, 0.05) is 5.92 Å². The first-order valence-electron chi connectivity index (χ1n) is 5.96. The Balaban J connectivity index is 3.25. The van der Waals surface area contributed by atoms with Gasteiger partial charge in [-0.2, -0.15) is 0 Å². The number of carbonyl (C=O) groups is 1. The molecule has 0 aliphatic rings. The highest BCUT2D eigenvalue weighted by Gasteiger charge is 2.22. The molecule has 18 heavy (non-hydrogen) atoms. The van der Waals surface area contributed by atoms with Gasteiger partial charge in [0.15, 0.2) is 5.78 Å². The number of aryl methyl sites for hydroxylation is 1. The molecule has 1 atom stereocenters. The van der Waals surface area contributed by atoms with Crippen LogP contribution in [0.2, 0.25) is 0 Å². The summed E-state index contributed by atoms with van der Waals surface area (Å²) in [6.07, 6.45) is 0.592. The Morgan fingerprint density at radius 1 is 1.28 bits per heavy atom. The molecule has 0 amide bonds. The van der Waals surface area contributed by atoms with E-state index in [2.05, 4.69) is 0 Å². The number of Topliss-reactive ketones (excluding diaryl/α,β-unsaturated/α-hetero) is 1. The summed E-state index contributed by atoms with van der Waals surface area (Å²) in [5.74, 6) is 0.651. The fourth-order valence-electron chi connectivity index (χ4n) is 1.86. The third kappa shape index (κ3) is 2.82. The number of ether oxygens (including phenoxy) is 2. The Morgan fingerprint density at radius 3 is 2.33 bits per heavy atom. The van der Waals surface area contributed by atoms with Crippen molar-refractivity contribution in [3.8, 4) is 11.5 Å². The molecule has 0 aliphatic heterocycles. The number of hydrogen-bond donors (Lipinski definition) is 1. The number of hydrogen-bond acceptors (Lipinski definition) is 4. The third-order valence-corrected chi connectivity index (χ3v) is 3.07. The van der Waals surface area contributed by atoms with Crippen LogP contribution in [0.5, 0.6) is 11.5 Å². The van der Waals surface area contributed by atoms with Crippen molar-refractivity contribution in [2.24, 2.45) is 5.92 Å².